The first kappa shape index (κ1) is 17.4. The van der Waals surface area contributed by atoms with E-state index in [1.165, 1.54) is 22.3 Å². The van der Waals surface area contributed by atoms with E-state index in [9.17, 15) is 0 Å². The molecule has 0 atom stereocenters. The van der Waals surface area contributed by atoms with Crippen LogP contribution < -0.4 is 0 Å². The van der Waals surface area contributed by atoms with Gasteiger partial charge in [-0.15, -0.1) is 10.2 Å². The molecule has 0 aliphatic carbocycles. The predicted molar refractivity (Wildman–Crippen MR) is 111 cm³/mol. The van der Waals surface area contributed by atoms with Gasteiger partial charge in [0.15, 0.2) is 5.82 Å². The quantitative estimate of drug-likeness (QED) is 0.559. The second-order valence-electron chi connectivity index (χ2n) is 7.39. The molecule has 2 aromatic carbocycles. The number of nitrogens with one attached hydrogen (secondary N) is 2. The van der Waals surface area contributed by atoms with Gasteiger partial charge in [0, 0.05) is 11.8 Å². The van der Waals surface area contributed by atoms with E-state index >= 15 is 0 Å². The highest BCUT2D eigenvalue weighted by atomic mass is 15.5. The molecule has 5 rings (SSSR count). The van der Waals surface area contributed by atoms with Crippen molar-refractivity contribution in [2.45, 2.75) is 26.9 Å². The van der Waals surface area contributed by atoms with E-state index in [0.29, 0.717) is 12.4 Å². The van der Waals surface area contributed by atoms with Gasteiger partial charge in [-0.25, -0.2) is 4.98 Å². The molecule has 0 fully saturated rings. The number of hydrogen-bond donors (Lipinski definition) is 2. The van der Waals surface area contributed by atoms with Gasteiger partial charge in [0.05, 0.1) is 24.5 Å². The molecular weight excluding hydrogens is 362 g/mol. The van der Waals surface area contributed by atoms with Crippen LogP contribution in [0, 0.1) is 13.8 Å². The molecule has 3 heterocycles. The maximum absolute atomic E-state index is 4.81. The zero-order valence-corrected chi connectivity index (χ0v) is 16.3. The van der Waals surface area contributed by atoms with Crippen LogP contribution >= 0.6 is 0 Å². The first-order chi connectivity index (χ1) is 14.2. The molecular formula is C22H21N7. The van der Waals surface area contributed by atoms with Gasteiger partial charge in [0.25, 0.3) is 0 Å². The van der Waals surface area contributed by atoms with Crippen LogP contribution in [0.15, 0.2) is 48.7 Å². The number of aromatic amines is 2. The molecule has 7 heteroatoms. The Morgan fingerprint density at radius 3 is 2.62 bits per heavy atom. The lowest BCUT2D eigenvalue weighted by Crippen LogP contribution is -2.20. The lowest BCUT2D eigenvalue weighted by molar-refractivity contribution is 0.346. The highest BCUT2D eigenvalue weighted by Crippen LogP contribution is 2.29. The van der Waals surface area contributed by atoms with Crippen LogP contribution in [-0.4, -0.2) is 35.5 Å². The summed E-state index contributed by atoms with van der Waals surface area (Å²) in [5.41, 5.74) is 8.09. The Labute approximate surface area is 168 Å². The van der Waals surface area contributed by atoms with Crippen LogP contribution in [-0.2, 0) is 13.1 Å². The fraction of sp³-hybridized carbons (Fsp3) is 0.182. The third-order valence-electron chi connectivity index (χ3n) is 5.22. The van der Waals surface area contributed by atoms with Crippen molar-refractivity contribution in [2.75, 3.05) is 0 Å². The SMILES string of the molecule is Cc1ccc(-c2ccc(-c3nc4c([nH]3)CN(Cc3nn[nH]n3)C=C4)c(C)c2)cc1. The molecule has 7 nitrogen and oxygen atoms in total. The number of rotatable bonds is 4. The van der Waals surface area contributed by atoms with Crippen LogP contribution in [0.2, 0.25) is 0 Å². The third kappa shape index (κ3) is 3.42. The minimum atomic E-state index is 0.602. The fourth-order valence-corrected chi connectivity index (χ4v) is 3.64. The van der Waals surface area contributed by atoms with Gasteiger partial charge in [0.1, 0.15) is 5.82 Å². The highest BCUT2D eigenvalue weighted by molar-refractivity contribution is 5.71. The van der Waals surface area contributed by atoms with Crippen molar-refractivity contribution in [3.63, 3.8) is 0 Å². The summed E-state index contributed by atoms with van der Waals surface area (Å²) in [6, 6.07) is 15.1. The average Bonchev–Trinajstić information content (AvgIpc) is 3.38. The first-order valence-corrected chi connectivity index (χ1v) is 9.57. The van der Waals surface area contributed by atoms with E-state index in [0.717, 1.165) is 29.3 Å². The topological polar surface area (TPSA) is 86.4 Å². The van der Waals surface area contributed by atoms with Crippen LogP contribution in [0.1, 0.15) is 28.3 Å². The Bertz CT molecular complexity index is 1170. The molecule has 1 aliphatic heterocycles. The van der Waals surface area contributed by atoms with E-state index in [1.807, 2.05) is 12.3 Å². The molecule has 0 amide bonds. The zero-order chi connectivity index (χ0) is 19.8. The van der Waals surface area contributed by atoms with Gasteiger partial charge in [-0.2, -0.15) is 5.21 Å². The summed E-state index contributed by atoms with van der Waals surface area (Å²) >= 11 is 0. The highest BCUT2D eigenvalue weighted by Gasteiger charge is 2.18. The van der Waals surface area contributed by atoms with Gasteiger partial charge < -0.3 is 9.88 Å². The summed E-state index contributed by atoms with van der Waals surface area (Å²) in [4.78, 5) is 10.4. The molecule has 29 heavy (non-hydrogen) atoms. The van der Waals surface area contributed by atoms with Crippen molar-refractivity contribution in [3.8, 4) is 22.5 Å². The Hall–Kier alpha value is -3.74. The summed E-state index contributed by atoms with van der Waals surface area (Å²) in [5.74, 6) is 1.56. The number of fused-ring (bicyclic) bond motifs is 1. The van der Waals surface area contributed by atoms with Crippen LogP contribution in [0.4, 0.5) is 0 Å². The number of H-pyrrole nitrogens is 2. The molecule has 0 bridgehead atoms. The van der Waals surface area contributed by atoms with E-state index in [4.69, 9.17) is 4.98 Å². The van der Waals surface area contributed by atoms with Crippen LogP contribution in [0.25, 0.3) is 28.6 Å². The number of nitrogens with zero attached hydrogens (tertiary/aromatic N) is 5. The Balaban J connectivity index is 1.39. The third-order valence-corrected chi connectivity index (χ3v) is 5.22. The number of aryl methyl sites for hydroxylation is 2. The van der Waals surface area contributed by atoms with E-state index in [-0.39, 0.29) is 0 Å². The second kappa shape index (κ2) is 7.01. The van der Waals surface area contributed by atoms with Crippen molar-refractivity contribution >= 4 is 6.08 Å². The smallest absolute Gasteiger partial charge is 0.193 e. The first-order valence-electron chi connectivity index (χ1n) is 9.57. The minimum absolute atomic E-state index is 0.602. The van der Waals surface area contributed by atoms with Crippen molar-refractivity contribution in [2.24, 2.45) is 0 Å². The average molecular weight is 383 g/mol. The number of tetrazole rings is 1. The minimum Gasteiger partial charge on any atom is -0.364 e. The summed E-state index contributed by atoms with van der Waals surface area (Å²) in [5, 5.41) is 14.1. The van der Waals surface area contributed by atoms with Crippen molar-refractivity contribution in [3.05, 3.63) is 77.0 Å². The monoisotopic (exact) mass is 383 g/mol. The number of imidazole rings is 1. The van der Waals surface area contributed by atoms with E-state index in [2.05, 4.69) is 86.8 Å². The molecule has 4 aromatic rings. The van der Waals surface area contributed by atoms with E-state index in [1.54, 1.807) is 0 Å². The zero-order valence-electron chi connectivity index (χ0n) is 16.3. The molecule has 144 valence electrons. The Morgan fingerprint density at radius 2 is 1.86 bits per heavy atom. The predicted octanol–water partition coefficient (Wildman–Crippen LogP) is 3.86. The van der Waals surface area contributed by atoms with Gasteiger partial charge >= 0.3 is 0 Å². The molecule has 0 spiro atoms. The maximum atomic E-state index is 4.81. The molecule has 2 N–H and O–H groups in total. The van der Waals surface area contributed by atoms with E-state index < -0.39 is 0 Å². The lowest BCUT2D eigenvalue weighted by atomic mass is 9.99. The summed E-state index contributed by atoms with van der Waals surface area (Å²) in [7, 11) is 0. The van der Waals surface area contributed by atoms with Gasteiger partial charge in [-0.3, -0.25) is 0 Å². The summed E-state index contributed by atoms with van der Waals surface area (Å²) < 4.78 is 0. The number of benzene rings is 2. The lowest BCUT2D eigenvalue weighted by Gasteiger charge is -2.20. The summed E-state index contributed by atoms with van der Waals surface area (Å²) in [6.45, 7) is 5.57. The van der Waals surface area contributed by atoms with Crippen LogP contribution in [0.3, 0.4) is 0 Å². The van der Waals surface area contributed by atoms with Crippen LogP contribution in [0.5, 0.6) is 0 Å². The fourth-order valence-electron chi connectivity index (χ4n) is 3.64. The number of aromatic nitrogens is 6. The van der Waals surface area contributed by atoms with Crippen molar-refractivity contribution in [1.29, 1.82) is 0 Å². The standard InChI is InChI=1S/C22H21N7/c1-14-3-5-16(6-4-14)17-7-8-18(15(2)11-17)22-23-19-9-10-29(12-20(19)24-22)13-21-25-27-28-26-21/h3-11H,12-13H2,1-2H3,(H,23,24)(H,25,26,27,28). The molecule has 2 aromatic heterocycles. The van der Waals surface area contributed by atoms with Crippen molar-refractivity contribution in [1.82, 2.24) is 35.5 Å². The van der Waals surface area contributed by atoms with Gasteiger partial charge in [-0.05, 0) is 36.6 Å². The maximum Gasteiger partial charge on any atom is 0.193 e. The summed E-state index contributed by atoms with van der Waals surface area (Å²) in [6.07, 6.45) is 4.05. The molecule has 0 saturated heterocycles. The molecule has 0 radical (unpaired) electrons. The molecule has 0 unspecified atom stereocenters. The number of hydrogen-bond acceptors (Lipinski definition) is 5. The van der Waals surface area contributed by atoms with Gasteiger partial charge in [0.2, 0.25) is 0 Å². The largest absolute Gasteiger partial charge is 0.364 e. The second-order valence-corrected chi connectivity index (χ2v) is 7.39. The van der Waals surface area contributed by atoms with Gasteiger partial charge in [-0.1, -0.05) is 53.2 Å². The molecule has 1 aliphatic rings. The van der Waals surface area contributed by atoms with Crippen molar-refractivity contribution < 1.29 is 0 Å². The normalized spacial score (nSPS) is 13.0. The Kier molecular flexibility index (Phi) is 4.20. The molecule has 0 saturated carbocycles. The Morgan fingerprint density at radius 1 is 1.03 bits per heavy atom.